The molecule has 0 aliphatic heterocycles. The van der Waals surface area contributed by atoms with Crippen LogP contribution in [0, 0.1) is 5.82 Å². The van der Waals surface area contributed by atoms with E-state index in [1.54, 1.807) is 31.2 Å². The van der Waals surface area contributed by atoms with Gasteiger partial charge in [0.1, 0.15) is 5.82 Å². The van der Waals surface area contributed by atoms with Crippen molar-refractivity contribution in [2.75, 3.05) is 5.32 Å². The molecule has 0 unspecified atom stereocenters. The molecule has 0 heterocycles. The van der Waals surface area contributed by atoms with Gasteiger partial charge < -0.3 is 10.4 Å². The maximum absolute atomic E-state index is 13.5. The highest BCUT2D eigenvalue weighted by Crippen LogP contribution is 2.15. The number of hydrogen-bond donors (Lipinski definition) is 2. The van der Waals surface area contributed by atoms with E-state index in [2.05, 4.69) is 5.32 Å². The van der Waals surface area contributed by atoms with Gasteiger partial charge in [-0.05, 0) is 37.3 Å². The van der Waals surface area contributed by atoms with Crippen molar-refractivity contribution in [2.24, 2.45) is 0 Å². The first kappa shape index (κ1) is 15.4. The van der Waals surface area contributed by atoms with Gasteiger partial charge in [0.2, 0.25) is 0 Å². The number of carbonyl (C=O) groups is 2. The summed E-state index contributed by atoms with van der Waals surface area (Å²) in [4.78, 5) is 22.9. The number of hydrogen-bond acceptors (Lipinski definition) is 2. The zero-order chi connectivity index (χ0) is 16.1. The van der Waals surface area contributed by atoms with Crippen molar-refractivity contribution in [1.82, 2.24) is 0 Å². The van der Waals surface area contributed by atoms with Crippen molar-refractivity contribution >= 4 is 23.6 Å². The number of rotatable bonds is 4. The van der Waals surface area contributed by atoms with Gasteiger partial charge in [0, 0.05) is 16.8 Å². The van der Waals surface area contributed by atoms with Crippen molar-refractivity contribution in [3.63, 3.8) is 0 Å². The largest absolute Gasteiger partial charge is 0.478 e. The van der Waals surface area contributed by atoms with Gasteiger partial charge >= 0.3 is 5.97 Å². The van der Waals surface area contributed by atoms with E-state index in [0.717, 1.165) is 0 Å². The SMILES string of the molecule is C/C(=C\c1ccccc1F)C(=O)Nc1cccc(C(=O)O)c1. The molecule has 1 amide bonds. The molecule has 0 saturated carbocycles. The number of carbonyl (C=O) groups excluding carboxylic acids is 1. The van der Waals surface area contributed by atoms with Crippen LogP contribution in [0.4, 0.5) is 10.1 Å². The van der Waals surface area contributed by atoms with Crippen LogP contribution in [0.15, 0.2) is 54.1 Å². The van der Waals surface area contributed by atoms with E-state index < -0.39 is 17.7 Å². The summed E-state index contributed by atoms with van der Waals surface area (Å²) in [5.41, 5.74) is 1.07. The molecule has 0 bridgehead atoms. The number of aromatic carboxylic acids is 1. The molecule has 0 saturated heterocycles. The summed E-state index contributed by atoms with van der Waals surface area (Å²) in [6.07, 6.45) is 1.44. The van der Waals surface area contributed by atoms with Gasteiger partial charge in [-0.1, -0.05) is 24.3 Å². The normalized spacial score (nSPS) is 11.1. The number of benzene rings is 2. The smallest absolute Gasteiger partial charge is 0.335 e. The topological polar surface area (TPSA) is 66.4 Å². The second kappa shape index (κ2) is 6.67. The fourth-order valence-corrected chi connectivity index (χ4v) is 1.85. The molecule has 5 heteroatoms. The number of carboxylic acids is 1. The Morgan fingerprint density at radius 3 is 2.55 bits per heavy atom. The Morgan fingerprint density at radius 2 is 1.86 bits per heavy atom. The van der Waals surface area contributed by atoms with Crippen molar-refractivity contribution in [1.29, 1.82) is 0 Å². The molecule has 0 atom stereocenters. The second-order valence-electron chi connectivity index (χ2n) is 4.69. The predicted molar refractivity (Wildman–Crippen MR) is 82.1 cm³/mol. The monoisotopic (exact) mass is 299 g/mol. The lowest BCUT2D eigenvalue weighted by molar-refractivity contribution is -0.112. The van der Waals surface area contributed by atoms with Crippen LogP contribution in [0.2, 0.25) is 0 Å². The van der Waals surface area contributed by atoms with E-state index in [-0.39, 0.29) is 5.56 Å². The molecule has 0 fully saturated rings. The highest BCUT2D eigenvalue weighted by molar-refractivity contribution is 6.06. The van der Waals surface area contributed by atoms with E-state index in [1.165, 1.54) is 30.3 Å². The average Bonchev–Trinajstić information content (AvgIpc) is 2.49. The molecule has 2 aromatic rings. The lowest BCUT2D eigenvalue weighted by atomic mass is 10.1. The van der Waals surface area contributed by atoms with Gasteiger partial charge in [-0.2, -0.15) is 0 Å². The zero-order valence-corrected chi connectivity index (χ0v) is 11.8. The average molecular weight is 299 g/mol. The summed E-state index contributed by atoms with van der Waals surface area (Å²) < 4.78 is 13.5. The number of halogens is 1. The minimum atomic E-state index is -1.07. The van der Waals surface area contributed by atoms with Gasteiger partial charge in [0.05, 0.1) is 5.56 Å². The molecule has 0 aromatic heterocycles. The van der Waals surface area contributed by atoms with Crippen LogP contribution < -0.4 is 5.32 Å². The van der Waals surface area contributed by atoms with E-state index in [4.69, 9.17) is 5.11 Å². The quantitative estimate of drug-likeness (QED) is 0.848. The molecule has 22 heavy (non-hydrogen) atoms. The third-order valence-corrected chi connectivity index (χ3v) is 3.00. The lowest BCUT2D eigenvalue weighted by Gasteiger charge is -2.06. The Hall–Kier alpha value is -2.95. The molecule has 4 nitrogen and oxygen atoms in total. The summed E-state index contributed by atoms with van der Waals surface area (Å²) in [7, 11) is 0. The molecule has 2 N–H and O–H groups in total. The van der Waals surface area contributed by atoms with E-state index in [0.29, 0.717) is 16.8 Å². The number of carboxylic acid groups (broad SMARTS) is 1. The second-order valence-corrected chi connectivity index (χ2v) is 4.69. The van der Waals surface area contributed by atoms with Crippen molar-refractivity contribution in [3.05, 3.63) is 71.0 Å². The maximum atomic E-state index is 13.5. The predicted octanol–water partition coefficient (Wildman–Crippen LogP) is 3.57. The van der Waals surface area contributed by atoms with Gasteiger partial charge in [0.15, 0.2) is 0 Å². The molecule has 112 valence electrons. The third-order valence-electron chi connectivity index (χ3n) is 3.00. The minimum Gasteiger partial charge on any atom is -0.478 e. The van der Waals surface area contributed by atoms with Crippen LogP contribution in [0.1, 0.15) is 22.8 Å². The summed E-state index contributed by atoms with van der Waals surface area (Å²) >= 11 is 0. The van der Waals surface area contributed by atoms with Crippen molar-refractivity contribution in [3.8, 4) is 0 Å². The highest BCUT2D eigenvalue weighted by atomic mass is 19.1. The van der Waals surface area contributed by atoms with Gasteiger partial charge in [-0.15, -0.1) is 0 Å². The van der Waals surface area contributed by atoms with E-state index >= 15 is 0 Å². The number of anilines is 1. The Kier molecular flexibility index (Phi) is 4.68. The molecule has 0 aliphatic carbocycles. The summed E-state index contributed by atoms with van der Waals surface area (Å²) in [6.45, 7) is 1.56. The highest BCUT2D eigenvalue weighted by Gasteiger charge is 2.08. The van der Waals surface area contributed by atoms with E-state index in [9.17, 15) is 14.0 Å². The van der Waals surface area contributed by atoms with E-state index in [1.807, 2.05) is 0 Å². The third kappa shape index (κ3) is 3.79. The van der Waals surface area contributed by atoms with Crippen molar-refractivity contribution in [2.45, 2.75) is 6.92 Å². The Morgan fingerprint density at radius 1 is 1.14 bits per heavy atom. The van der Waals surface area contributed by atoms with Gasteiger partial charge in [-0.3, -0.25) is 4.79 Å². The van der Waals surface area contributed by atoms with Crippen LogP contribution in [-0.4, -0.2) is 17.0 Å². The van der Waals surface area contributed by atoms with Crippen LogP contribution in [0.5, 0.6) is 0 Å². The number of nitrogens with one attached hydrogen (secondary N) is 1. The fourth-order valence-electron chi connectivity index (χ4n) is 1.85. The maximum Gasteiger partial charge on any atom is 0.335 e. The van der Waals surface area contributed by atoms with Crippen molar-refractivity contribution < 1.29 is 19.1 Å². The van der Waals surface area contributed by atoms with Crippen LogP contribution in [-0.2, 0) is 4.79 Å². The first-order valence-corrected chi connectivity index (χ1v) is 6.55. The molecule has 0 aliphatic rings. The van der Waals surface area contributed by atoms with Crippen LogP contribution >= 0.6 is 0 Å². The number of amides is 1. The molecular weight excluding hydrogens is 285 g/mol. The first-order valence-electron chi connectivity index (χ1n) is 6.55. The zero-order valence-electron chi connectivity index (χ0n) is 11.8. The van der Waals surface area contributed by atoms with Crippen LogP contribution in [0.3, 0.4) is 0 Å². The molecule has 0 spiro atoms. The fraction of sp³-hybridized carbons (Fsp3) is 0.0588. The Balaban J connectivity index is 2.17. The Bertz CT molecular complexity index is 753. The van der Waals surface area contributed by atoms with Gasteiger partial charge in [0.25, 0.3) is 5.91 Å². The molecule has 0 radical (unpaired) electrons. The summed E-state index contributed by atoms with van der Waals surface area (Å²) in [6, 6.07) is 12.0. The van der Waals surface area contributed by atoms with Crippen LogP contribution in [0.25, 0.3) is 6.08 Å². The summed E-state index contributed by atoms with van der Waals surface area (Å²) in [5.74, 6) is -1.91. The lowest BCUT2D eigenvalue weighted by Crippen LogP contribution is -2.13. The molecule has 2 aromatic carbocycles. The van der Waals surface area contributed by atoms with Gasteiger partial charge in [-0.25, -0.2) is 9.18 Å². The molecule has 2 rings (SSSR count). The molecular formula is C17H14FNO3. The minimum absolute atomic E-state index is 0.0773. The Labute approximate surface area is 126 Å². The summed E-state index contributed by atoms with van der Waals surface area (Å²) in [5, 5.41) is 11.5. The standard InChI is InChI=1S/C17H14FNO3/c1-11(9-12-5-2-3-8-15(12)18)16(20)19-14-7-4-6-13(10-14)17(21)22/h2-10H,1H3,(H,19,20)(H,21,22)/b11-9+. The first-order chi connectivity index (χ1) is 10.5.